The fourth-order valence-corrected chi connectivity index (χ4v) is 3.07. The van der Waals surface area contributed by atoms with Crippen molar-refractivity contribution in [2.75, 3.05) is 6.61 Å². The first-order valence-electron chi connectivity index (χ1n) is 9.36. The minimum atomic E-state index is -0.519. The van der Waals surface area contributed by atoms with Gasteiger partial charge in [-0.1, -0.05) is 61.5 Å². The van der Waals surface area contributed by atoms with E-state index >= 15 is 0 Å². The quantitative estimate of drug-likeness (QED) is 0.601. The van der Waals surface area contributed by atoms with Gasteiger partial charge in [0.05, 0.1) is 12.5 Å². The fraction of sp³-hybridized carbons (Fsp3) is 0.318. The lowest BCUT2D eigenvalue weighted by molar-refractivity contribution is -0.148. The van der Waals surface area contributed by atoms with Crippen LogP contribution in [0.2, 0.25) is 0 Å². The molecule has 0 aliphatic rings. The molecular weight excluding hydrogens is 356 g/mol. The number of rotatable bonds is 8. The second-order valence-electron chi connectivity index (χ2n) is 7.12. The Morgan fingerprint density at radius 3 is 2.54 bits per heavy atom. The average Bonchev–Trinajstić information content (AvgIpc) is 3.09. The number of carbonyl (C=O) groups is 2. The van der Waals surface area contributed by atoms with Crippen molar-refractivity contribution < 1.29 is 18.8 Å². The number of carbonyl (C=O) groups excluding carboxylic acids is 2. The third-order valence-corrected chi connectivity index (χ3v) is 4.37. The van der Waals surface area contributed by atoms with Gasteiger partial charge in [-0.15, -0.1) is 0 Å². The van der Waals surface area contributed by atoms with Gasteiger partial charge in [-0.3, -0.25) is 9.59 Å². The maximum atomic E-state index is 12.3. The van der Waals surface area contributed by atoms with Crippen LogP contribution in [0.15, 0.2) is 59.1 Å². The SMILES string of the molecule is CC(C)CC(NC(=O)COC(=O)Cc1noc2ccccc12)c1ccccc1. The van der Waals surface area contributed by atoms with E-state index in [1.165, 1.54) is 0 Å². The molecule has 0 aliphatic carbocycles. The van der Waals surface area contributed by atoms with Crippen LogP contribution in [-0.2, 0) is 20.7 Å². The standard InChI is InChI=1S/C22H24N2O4/c1-15(2)12-18(16-8-4-3-5-9-16)23-21(25)14-27-22(26)13-19-17-10-6-7-11-20(17)28-24-19/h3-11,15,18H,12-14H2,1-2H3,(H,23,25). The molecule has 0 bridgehead atoms. The topological polar surface area (TPSA) is 81.4 Å². The van der Waals surface area contributed by atoms with Crippen molar-refractivity contribution in [2.45, 2.75) is 32.7 Å². The van der Waals surface area contributed by atoms with E-state index in [2.05, 4.69) is 24.3 Å². The number of nitrogens with zero attached hydrogens (tertiary/aromatic N) is 1. The molecule has 0 radical (unpaired) electrons. The fourth-order valence-electron chi connectivity index (χ4n) is 3.07. The van der Waals surface area contributed by atoms with Crippen molar-refractivity contribution >= 4 is 22.8 Å². The van der Waals surface area contributed by atoms with Gasteiger partial charge in [0, 0.05) is 5.39 Å². The van der Waals surface area contributed by atoms with Crippen LogP contribution in [0.5, 0.6) is 0 Å². The summed E-state index contributed by atoms with van der Waals surface area (Å²) in [6.45, 7) is 3.88. The number of hydrogen-bond donors (Lipinski definition) is 1. The molecule has 1 unspecified atom stereocenters. The number of amides is 1. The van der Waals surface area contributed by atoms with Crippen LogP contribution in [0.4, 0.5) is 0 Å². The number of esters is 1. The Balaban J connectivity index is 1.54. The Morgan fingerprint density at radius 1 is 1.07 bits per heavy atom. The molecule has 28 heavy (non-hydrogen) atoms. The van der Waals surface area contributed by atoms with E-state index in [4.69, 9.17) is 9.26 Å². The van der Waals surface area contributed by atoms with Crippen molar-refractivity contribution in [1.82, 2.24) is 10.5 Å². The molecule has 6 heteroatoms. The van der Waals surface area contributed by atoms with Crippen molar-refractivity contribution in [3.63, 3.8) is 0 Å². The Bertz CT molecular complexity index is 934. The van der Waals surface area contributed by atoms with Crippen molar-refractivity contribution in [3.8, 4) is 0 Å². The molecule has 1 amide bonds. The first-order chi connectivity index (χ1) is 13.5. The molecular formula is C22H24N2O4. The zero-order valence-electron chi connectivity index (χ0n) is 16.1. The van der Waals surface area contributed by atoms with Gasteiger partial charge in [0.2, 0.25) is 0 Å². The van der Waals surface area contributed by atoms with Crippen LogP contribution >= 0.6 is 0 Å². The largest absolute Gasteiger partial charge is 0.455 e. The van der Waals surface area contributed by atoms with Crippen LogP contribution < -0.4 is 5.32 Å². The Hall–Kier alpha value is -3.15. The number of para-hydroxylation sites is 1. The summed E-state index contributed by atoms with van der Waals surface area (Å²) in [6, 6.07) is 17.0. The summed E-state index contributed by atoms with van der Waals surface area (Å²) in [7, 11) is 0. The normalized spacial score (nSPS) is 12.1. The molecule has 1 N–H and O–H groups in total. The molecule has 1 atom stereocenters. The van der Waals surface area contributed by atoms with E-state index in [0.717, 1.165) is 17.4 Å². The van der Waals surface area contributed by atoms with E-state index in [-0.39, 0.29) is 25.0 Å². The van der Waals surface area contributed by atoms with Gasteiger partial charge in [0.15, 0.2) is 12.2 Å². The maximum Gasteiger partial charge on any atom is 0.312 e. The lowest BCUT2D eigenvalue weighted by Crippen LogP contribution is -2.33. The number of aromatic nitrogens is 1. The first kappa shape index (κ1) is 19.6. The molecule has 0 saturated heterocycles. The van der Waals surface area contributed by atoms with Crippen LogP contribution in [0.3, 0.4) is 0 Å². The number of ether oxygens (including phenoxy) is 1. The van der Waals surface area contributed by atoms with E-state index < -0.39 is 5.97 Å². The Morgan fingerprint density at radius 2 is 1.79 bits per heavy atom. The van der Waals surface area contributed by atoms with Crippen molar-refractivity contribution in [2.24, 2.45) is 5.92 Å². The number of hydrogen-bond acceptors (Lipinski definition) is 5. The van der Waals surface area contributed by atoms with Gasteiger partial charge < -0.3 is 14.6 Å². The predicted molar refractivity (Wildman–Crippen MR) is 105 cm³/mol. The molecule has 0 saturated carbocycles. The zero-order chi connectivity index (χ0) is 19.9. The number of benzene rings is 2. The second kappa shape index (κ2) is 9.17. The Labute approximate surface area is 163 Å². The number of nitrogens with one attached hydrogen (secondary N) is 1. The molecule has 1 aromatic heterocycles. The average molecular weight is 380 g/mol. The third-order valence-electron chi connectivity index (χ3n) is 4.37. The minimum Gasteiger partial charge on any atom is -0.455 e. The van der Waals surface area contributed by atoms with Gasteiger partial charge in [-0.2, -0.15) is 0 Å². The van der Waals surface area contributed by atoms with Gasteiger partial charge in [0.25, 0.3) is 5.91 Å². The summed E-state index contributed by atoms with van der Waals surface area (Å²) in [5, 5.41) is 7.63. The summed E-state index contributed by atoms with van der Waals surface area (Å²) in [5.74, 6) is -0.435. The van der Waals surface area contributed by atoms with E-state index in [1.807, 2.05) is 48.5 Å². The van der Waals surface area contributed by atoms with E-state index in [9.17, 15) is 9.59 Å². The predicted octanol–water partition coefficient (Wildman–Crippen LogP) is 3.82. The highest BCUT2D eigenvalue weighted by Gasteiger charge is 2.18. The minimum absolute atomic E-state index is 0.0433. The highest BCUT2D eigenvalue weighted by Crippen LogP contribution is 2.21. The van der Waals surface area contributed by atoms with Crippen LogP contribution in [0.1, 0.15) is 37.6 Å². The molecule has 146 valence electrons. The van der Waals surface area contributed by atoms with Gasteiger partial charge in [-0.05, 0) is 30.0 Å². The van der Waals surface area contributed by atoms with Crippen molar-refractivity contribution in [3.05, 3.63) is 65.9 Å². The maximum absolute atomic E-state index is 12.3. The zero-order valence-corrected chi connectivity index (χ0v) is 16.1. The monoisotopic (exact) mass is 380 g/mol. The molecule has 0 aliphatic heterocycles. The second-order valence-corrected chi connectivity index (χ2v) is 7.12. The molecule has 3 aromatic rings. The smallest absolute Gasteiger partial charge is 0.312 e. The number of fused-ring (bicyclic) bond motifs is 1. The first-order valence-corrected chi connectivity index (χ1v) is 9.36. The Kier molecular flexibility index (Phi) is 6.42. The van der Waals surface area contributed by atoms with E-state index in [1.54, 1.807) is 6.07 Å². The third kappa shape index (κ3) is 5.19. The summed E-state index contributed by atoms with van der Waals surface area (Å²) >= 11 is 0. The summed E-state index contributed by atoms with van der Waals surface area (Å²) in [4.78, 5) is 24.4. The van der Waals surface area contributed by atoms with Crippen molar-refractivity contribution in [1.29, 1.82) is 0 Å². The highest BCUT2D eigenvalue weighted by atomic mass is 16.5. The summed E-state index contributed by atoms with van der Waals surface area (Å²) in [6.07, 6.45) is 0.757. The summed E-state index contributed by atoms with van der Waals surface area (Å²) < 4.78 is 10.3. The van der Waals surface area contributed by atoms with Gasteiger partial charge >= 0.3 is 5.97 Å². The molecule has 6 nitrogen and oxygen atoms in total. The molecule has 0 spiro atoms. The van der Waals surface area contributed by atoms with Crippen LogP contribution in [0.25, 0.3) is 11.0 Å². The van der Waals surface area contributed by atoms with Gasteiger partial charge in [-0.25, -0.2) is 0 Å². The molecule has 0 fully saturated rings. The molecule has 2 aromatic carbocycles. The van der Waals surface area contributed by atoms with Crippen LogP contribution in [-0.4, -0.2) is 23.6 Å². The van der Waals surface area contributed by atoms with Crippen LogP contribution in [0, 0.1) is 5.92 Å². The molecule has 3 rings (SSSR count). The summed E-state index contributed by atoms with van der Waals surface area (Å²) in [5.41, 5.74) is 2.15. The molecule has 1 heterocycles. The van der Waals surface area contributed by atoms with Gasteiger partial charge in [0.1, 0.15) is 5.69 Å². The lowest BCUT2D eigenvalue weighted by atomic mass is 9.97. The highest BCUT2D eigenvalue weighted by molar-refractivity contribution is 5.85. The van der Waals surface area contributed by atoms with E-state index in [0.29, 0.717) is 17.2 Å². The lowest BCUT2D eigenvalue weighted by Gasteiger charge is -2.21.